The lowest BCUT2D eigenvalue weighted by atomic mass is 9.86. The molecule has 0 saturated heterocycles. The van der Waals surface area contributed by atoms with Gasteiger partial charge in [-0.25, -0.2) is 0 Å². The van der Waals surface area contributed by atoms with E-state index in [1.165, 1.54) is 0 Å². The minimum atomic E-state index is 0.00715. The second kappa shape index (κ2) is 6.94. The molecule has 0 aromatic heterocycles. The molecule has 2 heterocycles. The van der Waals surface area contributed by atoms with Crippen molar-refractivity contribution in [2.45, 2.75) is 18.4 Å². The SMILES string of the molecule is O=C1CSC2=C(N1)N[C@H](c1ccccc1Cl)C[C@@H]2c1ccccc1Cl. The number of nitrogens with one attached hydrogen (secondary N) is 2. The zero-order valence-electron chi connectivity index (χ0n) is 13.3. The molecule has 0 aliphatic carbocycles. The van der Waals surface area contributed by atoms with E-state index in [0.29, 0.717) is 5.75 Å². The van der Waals surface area contributed by atoms with E-state index in [9.17, 15) is 4.79 Å². The fourth-order valence-electron chi connectivity index (χ4n) is 3.40. The number of hydrogen-bond donors (Lipinski definition) is 2. The Hall–Kier alpha value is -1.62. The van der Waals surface area contributed by atoms with Gasteiger partial charge in [-0.15, -0.1) is 11.8 Å². The Morgan fingerprint density at radius 1 is 0.960 bits per heavy atom. The fraction of sp³-hybridized carbons (Fsp3) is 0.211. The largest absolute Gasteiger partial charge is 0.364 e. The highest BCUT2D eigenvalue weighted by Gasteiger charge is 2.35. The number of allylic oxidation sites excluding steroid dienone is 1. The van der Waals surface area contributed by atoms with Gasteiger partial charge < -0.3 is 10.6 Å². The van der Waals surface area contributed by atoms with Crippen molar-refractivity contribution in [3.05, 3.63) is 80.4 Å². The van der Waals surface area contributed by atoms with Gasteiger partial charge in [0.25, 0.3) is 0 Å². The van der Waals surface area contributed by atoms with Gasteiger partial charge in [0.1, 0.15) is 5.82 Å². The van der Waals surface area contributed by atoms with Crippen LogP contribution in [0.15, 0.2) is 59.3 Å². The van der Waals surface area contributed by atoms with Crippen LogP contribution >= 0.6 is 35.0 Å². The van der Waals surface area contributed by atoms with E-state index >= 15 is 0 Å². The van der Waals surface area contributed by atoms with Crippen LogP contribution in [0.4, 0.5) is 0 Å². The number of carbonyl (C=O) groups excluding carboxylic acids is 1. The first kappa shape index (κ1) is 16.8. The summed E-state index contributed by atoms with van der Waals surface area (Å²) in [7, 11) is 0. The Bertz CT molecular complexity index is 868. The van der Waals surface area contributed by atoms with Crippen LogP contribution in [-0.4, -0.2) is 11.7 Å². The van der Waals surface area contributed by atoms with Crippen LogP contribution in [0.25, 0.3) is 0 Å². The molecule has 0 unspecified atom stereocenters. The quantitative estimate of drug-likeness (QED) is 0.770. The molecular weight excluding hydrogens is 375 g/mol. The topological polar surface area (TPSA) is 41.1 Å². The Labute approximate surface area is 160 Å². The van der Waals surface area contributed by atoms with E-state index in [0.717, 1.165) is 38.3 Å². The van der Waals surface area contributed by atoms with E-state index in [2.05, 4.69) is 16.7 Å². The summed E-state index contributed by atoms with van der Waals surface area (Å²) in [5, 5.41) is 7.91. The third-order valence-corrected chi connectivity index (χ3v) is 6.43. The van der Waals surface area contributed by atoms with Crippen LogP contribution in [0, 0.1) is 0 Å². The van der Waals surface area contributed by atoms with Crippen molar-refractivity contribution in [1.29, 1.82) is 0 Å². The van der Waals surface area contributed by atoms with Crippen molar-refractivity contribution in [3.63, 3.8) is 0 Å². The minimum absolute atomic E-state index is 0.00715. The van der Waals surface area contributed by atoms with Gasteiger partial charge in [-0.05, 0) is 29.7 Å². The molecular formula is C19H16Cl2N2OS. The Morgan fingerprint density at radius 3 is 2.28 bits per heavy atom. The van der Waals surface area contributed by atoms with Crippen molar-refractivity contribution in [2.75, 3.05) is 5.75 Å². The molecule has 2 aromatic rings. The first-order valence-electron chi connectivity index (χ1n) is 8.05. The summed E-state index contributed by atoms with van der Waals surface area (Å²) in [5.74, 6) is 1.34. The molecule has 0 fully saturated rings. The van der Waals surface area contributed by atoms with Gasteiger partial charge in [0.2, 0.25) is 5.91 Å². The molecule has 4 rings (SSSR count). The lowest BCUT2D eigenvalue weighted by Gasteiger charge is -2.37. The van der Waals surface area contributed by atoms with E-state index in [1.807, 2.05) is 42.5 Å². The maximum Gasteiger partial charge on any atom is 0.235 e. The highest BCUT2D eigenvalue weighted by Crippen LogP contribution is 2.47. The second-order valence-electron chi connectivity index (χ2n) is 6.10. The molecule has 25 heavy (non-hydrogen) atoms. The molecule has 0 spiro atoms. The lowest BCUT2D eigenvalue weighted by Crippen LogP contribution is -2.42. The van der Waals surface area contributed by atoms with Crippen molar-refractivity contribution >= 4 is 40.9 Å². The normalized spacial score (nSPS) is 22.9. The van der Waals surface area contributed by atoms with Crippen molar-refractivity contribution in [1.82, 2.24) is 10.6 Å². The van der Waals surface area contributed by atoms with Gasteiger partial charge in [0, 0.05) is 20.9 Å². The summed E-state index contributed by atoms with van der Waals surface area (Å²) in [6.07, 6.45) is 0.829. The number of amides is 1. The first-order chi connectivity index (χ1) is 12.1. The molecule has 0 bridgehead atoms. The average molecular weight is 391 g/mol. The van der Waals surface area contributed by atoms with Crippen LogP contribution in [-0.2, 0) is 4.79 Å². The predicted octanol–water partition coefficient (Wildman–Crippen LogP) is 4.84. The van der Waals surface area contributed by atoms with E-state index in [4.69, 9.17) is 23.2 Å². The predicted molar refractivity (Wildman–Crippen MR) is 104 cm³/mol. The molecule has 3 nitrogen and oxygen atoms in total. The van der Waals surface area contributed by atoms with E-state index < -0.39 is 0 Å². The van der Waals surface area contributed by atoms with Gasteiger partial charge in [0.05, 0.1) is 11.8 Å². The van der Waals surface area contributed by atoms with Gasteiger partial charge in [-0.2, -0.15) is 0 Å². The highest BCUT2D eigenvalue weighted by molar-refractivity contribution is 8.03. The van der Waals surface area contributed by atoms with Crippen LogP contribution in [0.2, 0.25) is 10.0 Å². The minimum Gasteiger partial charge on any atom is -0.364 e. The number of hydrogen-bond acceptors (Lipinski definition) is 3. The van der Waals surface area contributed by atoms with E-state index in [1.54, 1.807) is 11.8 Å². The van der Waals surface area contributed by atoms with Gasteiger partial charge in [-0.1, -0.05) is 59.6 Å². The highest BCUT2D eigenvalue weighted by atomic mass is 35.5. The fourth-order valence-corrected chi connectivity index (χ4v) is 4.97. The third-order valence-electron chi connectivity index (χ3n) is 4.54. The molecule has 2 aromatic carbocycles. The summed E-state index contributed by atoms with van der Waals surface area (Å²) >= 11 is 14.5. The maximum atomic E-state index is 11.9. The second-order valence-corrected chi connectivity index (χ2v) is 7.94. The van der Waals surface area contributed by atoms with Crippen LogP contribution < -0.4 is 10.6 Å². The molecule has 2 N–H and O–H groups in total. The van der Waals surface area contributed by atoms with Crippen molar-refractivity contribution in [2.24, 2.45) is 0 Å². The van der Waals surface area contributed by atoms with Crippen molar-refractivity contribution in [3.8, 4) is 0 Å². The molecule has 1 amide bonds. The lowest BCUT2D eigenvalue weighted by molar-refractivity contribution is -0.118. The molecule has 2 aliphatic rings. The molecule has 2 aliphatic heterocycles. The van der Waals surface area contributed by atoms with Crippen molar-refractivity contribution < 1.29 is 4.79 Å². The maximum absolute atomic E-state index is 11.9. The summed E-state index contributed by atoms with van der Waals surface area (Å²) in [6, 6.07) is 15.7. The monoisotopic (exact) mass is 390 g/mol. The van der Waals surface area contributed by atoms with E-state index in [-0.39, 0.29) is 17.9 Å². The molecule has 6 heteroatoms. The smallest absolute Gasteiger partial charge is 0.235 e. The Kier molecular flexibility index (Phi) is 4.67. The Morgan fingerprint density at radius 2 is 1.60 bits per heavy atom. The number of carbonyl (C=O) groups is 1. The molecule has 128 valence electrons. The zero-order valence-corrected chi connectivity index (χ0v) is 15.6. The van der Waals surface area contributed by atoms with Gasteiger partial charge >= 0.3 is 0 Å². The third kappa shape index (κ3) is 3.26. The standard InChI is InChI=1S/C19H16Cl2N2OS/c20-14-7-3-1-5-11(14)13-9-16(12-6-2-4-8-15(12)21)22-19-18(13)25-10-17(24)23-19/h1-8,13,16,22H,9-10H2,(H,23,24)/t13-,16+/m1/s1. The number of thioether (sulfide) groups is 1. The van der Waals surface area contributed by atoms with Gasteiger partial charge in [0.15, 0.2) is 0 Å². The number of halogens is 2. The number of benzene rings is 2. The zero-order chi connectivity index (χ0) is 17.4. The first-order valence-corrected chi connectivity index (χ1v) is 9.80. The van der Waals surface area contributed by atoms with Gasteiger partial charge in [-0.3, -0.25) is 4.79 Å². The summed E-state index contributed by atoms with van der Waals surface area (Å²) in [4.78, 5) is 13.0. The summed E-state index contributed by atoms with van der Waals surface area (Å²) < 4.78 is 0. The molecule has 0 saturated carbocycles. The number of rotatable bonds is 2. The molecule has 2 atom stereocenters. The summed E-state index contributed by atoms with van der Waals surface area (Å²) in [6.45, 7) is 0. The average Bonchev–Trinajstić information content (AvgIpc) is 2.61. The summed E-state index contributed by atoms with van der Waals surface area (Å²) in [5.41, 5.74) is 2.11. The molecule has 0 radical (unpaired) electrons. The van der Waals surface area contributed by atoms with Crippen LogP contribution in [0.1, 0.15) is 29.5 Å². The Balaban J connectivity index is 1.79. The van der Waals surface area contributed by atoms with Crippen LogP contribution in [0.5, 0.6) is 0 Å². The van der Waals surface area contributed by atoms with Crippen LogP contribution in [0.3, 0.4) is 0 Å².